The average molecular weight is 390 g/mol. The summed E-state index contributed by atoms with van der Waals surface area (Å²) in [7, 11) is -1.66. The van der Waals surface area contributed by atoms with Crippen LogP contribution in [0.2, 0.25) is 0 Å². The summed E-state index contributed by atoms with van der Waals surface area (Å²) in [5.41, 5.74) is 1.14. The van der Waals surface area contributed by atoms with Gasteiger partial charge in [0.05, 0.1) is 17.2 Å². The highest BCUT2D eigenvalue weighted by Gasteiger charge is 2.13. The Hall–Kier alpha value is -2.54. The predicted molar refractivity (Wildman–Crippen MR) is 109 cm³/mol. The number of sulfone groups is 1. The first-order valence-corrected chi connectivity index (χ1v) is 10.5. The topological polar surface area (TPSA) is 79.8 Å². The first-order chi connectivity index (χ1) is 12.9. The summed E-state index contributed by atoms with van der Waals surface area (Å²) < 4.78 is 30.4. The van der Waals surface area contributed by atoms with Crippen LogP contribution in [-0.2, 0) is 9.84 Å². The van der Waals surface area contributed by atoms with E-state index in [4.69, 9.17) is 4.74 Å². The Kier molecular flexibility index (Phi) is 7.67. The molecule has 0 aromatic heterocycles. The van der Waals surface area contributed by atoms with Gasteiger partial charge in [0.25, 0.3) is 0 Å². The lowest BCUT2D eigenvalue weighted by molar-refractivity contribution is 0.223. The smallest absolute Gasteiger partial charge is 0.191 e. The van der Waals surface area contributed by atoms with Crippen molar-refractivity contribution in [3.8, 4) is 5.75 Å². The average Bonchev–Trinajstić information content (AvgIpc) is 2.65. The minimum atomic E-state index is -3.31. The van der Waals surface area contributed by atoms with Crippen LogP contribution >= 0.6 is 0 Å². The number of rotatable bonds is 8. The molecule has 7 heteroatoms. The largest absolute Gasteiger partial charge is 0.489 e. The van der Waals surface area contributed by atoms with Gasteiger partial charge in [0.2, 0.25) is 0 Å². The molecule has 0 aliphatic heterocycles. The molecule has 0 saturated heterocycles. The van der Waals surface area contributed by atoms with E-state index in [0.29, 0.717) is 17.4 Å². The Morgan fingerprint density at radius 3 is 2.52 bits per heavy atom. The second-order valence-corrected chi connectivity index (χ2v) is 8.37. The number of hydrogen-bond donors (Lipinski definition) is 2. The summed E-state index contributed by atoms with van der Waals surface area (Å²) in [4.78, 5) is 4.45. The maximum absolute atomic E-state index is 12.3. The molecule has 0 aliphatic rings. The van der Waals surface area contributed by atoms with Crippen LogP contribution in [0.4, 0.5) is 0 Å². The van der Waals surface area contributed by atoms with Crippen molar-refractivity contribution in [2.45, 2.75) is 24.8 Å². The van der Waals surface area contributed by atoms with Crippen LogP contribution in [0.3, 0.4) is 0 Å². The molecule has 0 amide bonds. The van der Waals surface area contributed by atoms with E-state index in [0.717, 1.165) is 11.3 Å². The SMILES string of the molecule is CN=C(NCCS(=O)(=O)c1ccccc1)NCC(C)Oc1cccc(C)c1. The number of ether oxygens (including phenoxy) is 1. The lowest BCUT2D eigenvalue weighted by Crippen LogP contribution is -2.43. The molecular weight excluding hydrogens is 362 g/mol. The van der Waals surface area contributed by atoms with Gasteiger partial charge in [-0.3, -0.25) is 4.99 Å². The van der Waals surface area contributed by atoms with Gasteiger partial charge < -0.3 is 15.4 Å². The van der Waals surface area contributed by atoms with Gasteiger partial charge in [-0.1, -0.05) is 30.3 Å². The third-order valence-corrected chi connectivity index (χ3v) is 5.60. The van der Waals surface area contributed by atoms with Crippen LogP contribution in [0, 0.1) is 6.92 Å². The summed E-state index contributed by atoms with van der Waals surface area (Å²) in [5, 5.41) is 6.18. The van der Waals surface area contributed by atoms with Gasteiger partial charge in [-0.25, -0.2) is 8.42 Å². The molecule has 0 fully saturated rings. The van der Waals surface area contributed by atoms with Crippen LogP contribution in [0.15, 0.2) is 64.5 Å². The number of benzene rings is 2. The maximum atomic E-state index is 12.3. The summed E-state index contributed by atoms with van der Waals surface area (Å²) in [6.07, 6.45) is -0.0709. The van der Waals surface area contributed by atoms with Gasteiger partial charge in [-0.05, 0) is 43.7 Å². The maximum Gasteiger partial charge on any atom is 0.191 e. The number of nitrogens with zero attached hydrogens (tertiary/aromatic N) is 1. The van der Waals surface area contributed by atoms with Gasteiger partial charge in [0.1, 0.15) is 11.9 Å². The molecule has 0 saturated carbocycles. The molecular formula is C20H27N3O3S. The minimum Gasteiger partial charge on any atom is -0.489 e. The molecule has 2 rings (SSSR count). The standard InChI is InChI=1S/C20H27N3O3S/c1-16-8-7-9-18(14-16)26-17(2)15-23-20(21-3)22-12-13-27(24,25)19-10-5-4-6-11-19/h4-11,14,17H,12-13,15H2,1-3H3,(H2,21,22,23). The quantitative estimate of drug-likeness (QED) is 0.535. The first-order valence-electron chi connectivity index (χ1n) is 8.86. The summed E-state index contributed by atoms with van der Waals surface area (Å²) in [6.45, 7) is 4.79. The van der Waals surface area contributed by atoms with E-state index in [1.165, 1.54) is 0 Å². The molecule has 6 nitrogen and oxygen atoms in total. The fourth-order valence-electron chi connectivity index (χ4n) is 2.47. The number of aryl methyl sites for hydroxylation is 1. The van der Waals surface area contributed by atoms with Crippen molar-refractivity contribution in [2.75, 3.05) is 25.9 Å². The van der Waals surface area contributed by atoms with Crippen LogP contribution < -0.4 is 15.4 Å². The zero-order valence-corrected chi connectivity index (χ0v) is 16.8. The Bertz CT molecular complexity index is 852. The monoisotopic (exact) mass is 389 g/mol. The van der Waals surface area contributed by atoms with Crippen LogP contribution in [0.25, 0.3) is 0 Å². The molecule has 146 valence electrons. The van der Waals surface area contributed by atoms with Gasteiger partial charge >= 0.3 is 0 Å². The molecule has 1 unspecified atom stereocenters. The Morgan fingerprint density at radius 2 is 1.85 bits per heavy atom. The van der Waals surface area contributed by atoms with Gasteiger partial charge in [-0.15, -0.1) is 0 Å². The molecule has 0 heterocycles. The predicted octanol–water partition coefficient (Wildman–Crippen LogP) is 2.40. The summed E-state index contributed by atoms with van der Waals surface area (Å²) in [6, 6.07) is 16.3. The molecule has 0 bridgehead atoms. The highest BCUT2D eigenvalue weighted by molar-refractivity contribution is 7.91. The Labute approximate surface area is 161 Å². The van der Waals surface area contributed by atoms with E-state index < -0.39 is 9.84 Å². The zero-order valence-electron chi connectivity index (χ0n) is 16.0. The lowest BCUT2D eigenvalue weighted by Gasteiger charge is -2.18. The van der Waals surface area contributed by atoms with Crippen molar-refractivity contribution >= 4 is 15.8 Å². The molecule has 1 atom stereocenters. The van der Waals surface area contributed by atoms with Crippen LogP contribution in [-0.4, -0.2) is 46.4 Å². The fourth-order valence-corrected chi connectivity index (χ4v) is 3.65. The van der Waals surface area contributed by atoms with Crippen LogP contribution in [0.1, 0.15) is 12.5 Å². The Balaban J connectivity index is 1.77. The molecule has 0 aliphatic carbocycles. The number of nitrogens with one attached hydrogen (secondary N) is 2. The van der Waals surface area contributed by atoms with E-state index in [1.54, 1.807) is 37.4 Å². The number of aliphatic imine (C=N–C) groups is 1. The lowest BCUT2D eigenvalue weighted by atomic mass is 10.2. The van der Waals surface area contributed by atoms with Gasteiger partial charge in [0, 0.05) is 13.6 Å². The van der Waals surface area contributed by atoms with Crippen molar-refractivity contribution in [3.63, 3.8) is 0 Å². The second kappa shape index (κ2) is 9.97. The second-order valence-electron chi connectivity index (χ2n) is 6.26. The van der Waals surface area contributed by atoms with Crippen molar-refractivity contribution in [1.82, 2.24) is 10.6 Å². The zero-order chi connectivity index (χ0) is 19.7. The van der Waals surface area contributed by atoms with Crippen molar-refractivity contribution in [3.05, 3.63) is 60.2 Å². The van der Waals surface area contributed by atoms with Crippen molar-refractivity contribution in [2.24, 2.45) is 4.99 Å². The molecule has 2 aromatic rings. The molecule has 0 spiro atoms. The fraction of sp³-hybridized carbons (Fsp3) is 0.350. The number of guanidine groups is 1. The van der Waals surface area contributed by atoms with Crippen molar-refractivity contribution in [1.29, 1.82) is 0 Å². The van der Waals surface area contributed by atoms with Gasteiger partial charge in [-0.2, -0.15) is 0 Å². The van der Waals surface area contributed by atoms with E-state index >= 15 is 0 Å². The minimum absolute atomic E-state index is 0.00689. The van der Waals surface area contributed by atoms with Crippen molar-refractivity contribution < 1.29 is 13.2 Å². The molecule has 0 radical (unpaired) electrons. The van der Waals surface area contributed by atoms with E-state index in [2.05, 4.69) is 15.6 Å². The highest BCUT2D eigenvalue weighted by atomic mass is 32.2. The molecule has 27 heavy (non-hydrogen) atoms. The summed E-state index contributed by atoms with van der Waals surface area (Å²) >= 11 is 0. The van der Waals surface area contributed by atoms with E-state index in [1.807, 2.05) is 38.1 Å². The molecule has 2 aromatic carbocycles. The van der Waals surface area contributed by atoms with Gasteiger partial charge in [0.15, 0.2) is 15.8 Å². The first kappa shape index (κ1) is 20.8. The highest BCUT2D eigenvalue weighted by Crippen LogP contribution is 2.13. The normalized spacial score (nSPS) is 13.1. The Morgan fingerprint density at radius 1 is 1.11 bits per heavy atom. The third kappa shape index (κ3) is 6.94. The molecule has 2 N–H and O–H groups in total. The van der Waals surface area contributed by atoms with Crippen LogP contribution in [0.5, 0.6) is 5.75 Å². The van der Waals surface area contributed by atoms with E-state index in [9.17, 15) is 8.42 Å². The number of hydrogen-bond acceptors (Lipinski definition) is 4. The summed E-state index contributed by atoms with van der Waals surface area (Å²) in [5.74, 6) is 1.35. The van der Waals surface area contributed by atoms with E-state index in [-0.39, 0.29) is 18.4 Å². The third-order valence-electron chi connectivity index (χ3n) is 3.87.